The molecule has 5 aliphatic rings. The van der Waals surface area contributed by atoms with E-state index >= 15 is 8.78 Å². The molecular weight excluding hydrogens is 772 g/mol. The quantitative estimate of drug-likeness (QED) is 0.0820. The van der Waals surface area contributed by atoms with Crippen molar-refractivity contribution in [2.75, 3.05) is 41.0 Å². The van der Waals surface area contributed by atoms with Crippen molar-refractivity contribution in [1.82, 2.24) is 0 Å². The van der Waals surface area contributed by atoms with E-state index in [0.29, 0.717) is 26.3 Å². The molecule has 0 aromatic heterocycles. The highest BCUT2D eigenvalue weighted by molar-refractivity contribution is 6.58. The SMILES string of the molecule is O=C1[C@H]2[C@H](CC=C3[C@H]2C[C@@]2(Cl)C(=O)N(c4c(F)c(F)c(F)c(F)c4F)C(=O)[C@@]2(Cl)[C@H]3c2cc(Cl)ccc2O)C(=O)N1c1ccc(N2CCOCC2)cc1. The molecule has 0 bridgehead atoms. The van der Waals surface area contributed by atoms with Gasteiger partial charge in [0, 0.05) is 35.3 Å². The monoisotopic (exact) mass is 795 g/mol. The molecule has 3 aromatic carbocycles. The lowest BCUT2D eigenvalue weighted by Crippen LogP contribution is -2.60. The number of amides is 4. The van der Waals surface area contributed by atoms with Crippen molar-refractivity contribution in [3.05, 3.63) is 93.8 Å². The smallest absolute Gasteiger partial charge is 0.258 e. The number of imide groups is 2. The maximum atomic E-state index is 15.2. The Morgan fingerprint density at radius 2 is 1.36 bits per heavy atom. The minimum atomic E-state index is -2.79. The van der Waals surface area contributed by atoms with Gasteiger partial charge in [-0.3, -0.25) is 24.1 Å². The number of phenols is 1. The van der Waals surface area contributed by atoms with E-state index in [4.69, 9.17) is 39.5 Å². The Labute approximate surface area is 312 Å². The number of aromatic hydroxyl groups is 1. The van der Waals surface area contributed by atoms with Crippen LogP contribution < -0.4 is 14.7 Å². The molecule has 53 heavy (non-hydrogen) atoms. The summed E-state index contributed by atoms with van der Waals surface area (Å²) in [6, 6.07) is 10.4. The van der Waals surface area contributed by atoms with Gasteiger partial charge in [-0.2, -0.15) is 0 Å². The van der Waals surface area contributed by atoms with E-state index in [9.17, 15) is 37.5 Å². The molecule has 4 amide bonds. The van der Waals surface area contributed by atoms with Crippen molar-refractivity contribution < 1.29 is 51.0 Å². The number of morpholine rings is 1. The summed E-state index contributed by atoms with van der Waals surface area (Å²) in [5.74, 6) is -22.4. The lowest BCUT2D eigenvalue weighted by molar-refractivity contribution is -0.125. The molecule has 2 aliphatic carbocycles. The van der Waals surface area contributed by atoms with E-state index in [0.717, 1.165) is 16.7 Å². The number of allylic oxidation sites excluding steroid dienone is 2. The topological polar surface area (TPSA) is 107 Å². The highest BCUT2D eigenvalue weighted by Crippen LogP contribution is 2.67. The number of alkyl halides is 2. The molecule has 1 saturated carbocycles. The van der Waals surface area contributed by atoms with Crippen LogP contribution in [0.2, 0.25) is 5.02 Å². The van der Waals surface area contributed by atoms with Crippen LogP contribution >= 0.6 is 34.8 Å². The number of hydrogen-bond acceptors (Lipinski definition) is 7. The highest BCUT2D eigenvalue weighted by atomic mass is 35.5. The summed E-state index contributed by atoms with van der Waals surface area (Å²) in [6.45, 7) is 2.38. The van der Waals surface area contributed by atoms with Crippen molar-refractivity contribution in [3.63, 3.8) is 0 Å². The van der Waals surface area contributed by atoms with Gasteiger partial charge in [0.15, 0.2) is 33.0 Å². The largest absolute Gasteiger partial charge is 0.508 e. The van der Waals surface area contributed by atoms with E-state index in [-0.39, 0.29) is 33.2 Å². The first-order chi connectivity index (χ1) is 25.1. The Morgan fingerprint density at radius 1 is 0.755 bits per heavy atom. The first kappa shape index (κ1) is 35.8. The molecule has 1 N–H and O–H groups in total. The van der Waals surface area contributed by atoms with E-state index < -0.39 is 104 Å². The van der Waals surface area contributed by atoms with Gasteiger partial charge >= 0.3 is 0 Å². The van der Waals surface area contributed by atoms with Crippen molar-refractivity contribution in [1.29, 1.82) is 0 Å². The Morgan fingerprint density at radius 3 is 2.00 bits per heavy atom. The van der Waals surface area contributed by atoms with Crippen LogP contribution in [0.4, 0.5) is 39.0 Å². The third-order valence-corrected chi connectivity index (χ3v) is 12.7. The molecule has 3 aliphatic heterocycles. The van der Waals surface area contributed by atoms with Crippen LogP contribution in [-0.2, 0) is 23.9 Å². The molecule has 17 heteroatoms. The predicted octanol–water partition coefficient (Wildman–Crippen LogP) is 6.35. The molecule has 276 valence electrons. The Bertz CT molecular complexity index is 2160. The zero-order chi connectivity index (χ0) is 37.9. The molecule has 0 radical (unpaired) electrons. The number of fused-ring (bicyclic) bond motifs is 4. The van der Waals surface area contributed by atoms with Crippen LogP contribution in [0.15, 0.2) is 54.1 Å². The number of ether oxygens (including phenoxy) is 1. The maximum Gasteiger partial charge on any atom is 0.258 e. The minimum Gasteiger partial charge on any atom is -0.508 e. The molecule has 3 aromatic rings. The van der Waals surface area contributed by atoms with E-state index in [1.807, 2.05) is 0 Å². The second kappa shape index (κ2) is 12.4. The average molecular weight is 797 g/mol. The summed E-state index contributed by atoms with van der Waals surface area (Å²) in [6.07, 6.45) is 0.793. The molecule has 0 spiro atoms. The van der Waals surface area contributed by atoms with Crippen LogP contribution in [0.25, 0.3) is 0 Å². The minimum absolute atomic E-state index is 0.0156. The lowest BCUT2D eigenvalue weighted by Gasteiger charge is -2.50. The normalized spacial score (nSPS) is 29.7. The third kappa shape index (κ3) is 4.84. The van der Waals surface area contributed by atoms with E-state index in [1.54, 1.807) is 24.3 Å². The first-order valence-corrected chi connectivity index (χ1v) is 17.5. The Balaban J connectivity index is 1.25. The van der Waals surface area contributed by atoms with Gasteiger partial charge in [0.1, 0.15) is 11.4 Å². The number of nitrogens with zero attached hydrogens (tertiary/aromatic N) is 3. The Hall–Kier alpha value is -4.24. The third-order valence-electron chi connectivity index (χ3n) is 11.0. The average Bonchev–Trinajstić information content (AvgIpc) is 3.49. The summed E-state index contributed by atoms with van der Waals surface area (Å²) in [5.41, 5.74) is -0.779. The fourth-order valence-electron chi connectivity index (χ4n) is 8.56. The number of benzene rings is 3. The van der Waals surface area contributed by atoms with Crippen LogP contribution in [0.5, 0.6) is 5.75 Å². The second-order valence-electron chi connectivity index (χ2n) is 13.5. The maximum absolute atomic E-state index is 15.2. The summed E-state index contributed by atoms with van der Waals surface area (Å²) in [5, 5.41) is 11.1. The van der Waals surface area contributed by atoms with Gasteiger partial charge in [-0.1, -0.05) is 23.3 Å². The number of phenolic OH excluding ortho intramolecular Hbond substituents is 1. The number of halogens is 8. The Kier molecular flexibility index (Phi) is 8.37. The molecule has 4 fully saturated rings. The predicted molar refractivity (Wildman–Crippen MR) is 182 cm³/mol. The highest BCUT2D eigenvalue weighted by Gasteiger charge is 2.77. The standard InChI is InChI=1S/C36H25Cl3F5N3O6/c37-15-1-8-22(48)20(13-15)24-18-6-7-19-23(32(50)46(31(19)49)17-4-2-16(3-5-17)45-9-11-53-12-10-45)21(18)14-35(38)33(51)47(34(52)36(24,35)39)30-28(43)26(41)25(40)27(42)29(30)44/h1-6,8,13,19,21,23-24,48H,7,9-12,14H2/t19-,21+,23-,24+,35+,36-/m0/s1. The summed E-state index contributed by atoms with van der Waals surface area (Å²) >= 11 is 20.5. The zero-order valence-corrected chi connectivity index (χ0v) is 29.3. The molecule has 6 atom stereocenters. The fourth-order valence-corrected chi connectivity index (χ4v) is 9.66. The van der Waals surface area contributed by atoms with Crippen molar-refractivity contribution in [3.8, 4) is 5.75 Å². The number of anilines is 3. The van der Waals surface area contributed by atoms with Gasteiger partial charge in [0.2, 0.25) is 17.6 Å². The van der Waals surface area contributed by atoms with Crippen LogP contribution in [0, 0.1) is 46.8 Å². The van der Waals surface area contributed by atoms with Crippen molar-refractivity contribution >= 4 is 75.5 Å². The first-order valence-electron chi connectivity index (χ1n) is 16.4. The number of carbonyl (C=O) groups is 4. The molecule has 9 nitrogen and oxygen atoms in total. The molecule has 8 rings (SSSR count). The zero-order valence-electron chi connectivity index (χ0n) is 27.0. The lowest BCUT2D eigenvalue weighted by atomic mass is 9.56. The van der Waals surface area contributed by atoms with Crippen LogP contribution in [0.3, 0.4) is 0 Å². The molecule has 3 saturated heterocycles. The second-order valence-corrected chi connectivity index (χ2v) is 15.2. The fraction of sp³-hybridized carbons (Fsp3) is 0.333. The molecule has 0 unspecified atom stereocenters. The molecular formula is C36H25Cl3F5N3O6. The number of hydrogen-bond donors (Lipinski definition) is 1. The van der Waals surface area contributed by atoms with Crippen molar-refractivity contribution in [2.45, 2.75) is 28.5 Å². The van der Waals surface area contributed by atoms with Gasteiger partial charge < -0.3 is 14.7 Å². The van der Waals surface area contributed by atoms with Gasteiger partial charge in [0.25, 0.3) is 11.8 Å². The van der Waals surface area contributed by atoms with Gasteiger partial charge in [-0.05, 0) is 61.2 Å². The summed E-state index contributed by atoms with van der Waals surface area (Å²) in [4.78, 5) is 54.4. The summed E-state index contributed by atoms with van der Waals surface area (Å²) < 4.78 is 78.9. The van der Waals surface area contributed by atoms with Crippen molar-refractivity contribution in [2.24, 2.45) is 17.8 Å². The summed E-state index contributed by atoms with van der Waals surface area (Å²) in [7, 11) is 0. The van der Waals surface area contributed by atoms with Crippen LogP contribution in [-0.4, -0.2) is 64.8 Å². The van der Waals surface area contributed by atoms with E-state index in [2.05, 4.69) is 4.90 Å². The number of rotatable bonds is 4. The van der Waals surface area contributed by atoms with Gasteiger partial charge in [-0.25, -0.2) is 26.9 Å². The molecule has 3 heterocycles. The van der Waals surface area contributed by atoms with Crippen LogP contribution in [0.1, 0.15) is 24.3 Å². The number of carbonyl (C=O) groups excluding carboxylic acids is 4. The van der Waals surface area contributed by atoms with Gasteiger partial charge in [0.05, 0.1) is 30.7 Å². The van der Waals surface area contributed by atoms with Gasteiger partial charge in [-0.15, -0.1) is 23.2 Å². The van der Waals surface area contributed by atoms with E-state index in [1.165, 1.54) is 18.2 Å².